The van der Waals surface area contributed by atoms with Gasteiger partial charge in [0.15, 0.2) is 12.3 Å². The second kappa shape index (κ2) is 6.24. The smallest absolute Gasteiger partial charge is 0.357 e. The molecule has 9 nitrogen and oxygen atoms in total. The number of aryl methyl sites for hydroxylation is 1. The lowest BCUT2D eigenvalue weighted by atomic mass is 9.94. The van der Waals surface area contributed by atoms with Crippen LogP contribution in [-0.2, 0) is 21.4 Å². The lowest BCUT2D eigenvalue weighted by Gasteiger charge is -2.25. The second-order valence-corrected chi connectivity index (χ2v) is 8.62. The van der Waals surface area contributed by atoms with Crippen molar-refractivity contribution in [2.75, 3.05) is 7.05 Å². The monoisotopic (exact) mass is 391 g/mol. The van der Waals surface area contributed by atoms with Crippen molar-refractivity contribution in [1.82, 2.24) is 14.8 Å². The van der Waals surface area contributed by atoms with E-state index in [0.717, 1.165) is 17.7 Å². The number of carbonyl (C=O) groups excluding carboxylic acids is 2. The molecule has 1 aromatic rings. The Morgan fingerprint density at radius 1 is 1.33 bits per heavy atom. The first-order chi connectivity index (χ1) is 12.8. The maximum absolute atomic E-state index is 12.9. The van der Waals surface area contributed by atoms with Crippen molar-refractivity contribution in [2.24, 2.45) is 5.92 Å². The molecule has 3 amide bonds. The molecule has 4 rings (SSSR count). The van der Waals surface area contributed by atoms with Gasteiger partial charge >= 0.3 is 11.9 Å². The molecule has 0 saturated heterocycles. The van der Waals surface area contributed by atoms with E-state index < -0.39 is 27.9 Å². The summed E-state index contributed by atoms with van der Waals surface area (Å²) in [6.07, 6.45) is 5.96. The van der Waals surface area contributed by atoms with Crippen LogP contribution in [0.4, 0.5) is 4.79 Å². The molecule has 3 aliphatic rings. The van der Waals surface area contributed by atoms with E-state index in [4.69, 9.17) is 4.52 Å². The zero-order chi connectivity index (χ0) is 19.3. The van der Waals surface area contributed by atoms with E-state index in [2.05, 4.69) is 9.88 Å². The number of fused-ring (bicyclic) bond motifs is 1. The number of aromatic nitrogens is 1. The third-order valence-corrected chi connectivity index (χ3v) is 6.24. The molecule has 10 heteroatoms. The number of nitrogens with one attached hydrogen (secondary N) is 1. The Bertz CT molecular complexity index is 1030. The first-order valence-electron chi connectivity index (χ1n) is 8.56. The summed E-state index contributed by atoms with van der Waals surface area (Å²) in [5, 5.41) is 3.76. The van der Waals surface area contributed by atoms with Gasteiger partial charge in [-0.05, 0) is 38.0 Å². The van der Waals surface area contributed by atoms with Gasteiger partial charge in [-0.3, -0.25) is 0 Å². The molecule has 0 aromatic carbocycles. The molecule has 1 unspecified atom stereocenters. The average molecular weight is 391 g/mol. The summed E-state index contributed by atoms with van der Waals surface area (Å²) in [4.78, 5) is 26.6. The highest BCUT2D eigenvalue weighted by Crippen LogP contribution is 2.27. The summed E-state index contributed by atoms with van der Waals surface area (Å²) in [5.74, 6) is -0.970. The van der Waals surface area contributed by atoms with Crippen LogP contribution in [0.5, 0.6) is 0 Å². The van der Waals surface area contributed by atoms with Crippen molar-refractivity contribution in [3.63, 3.8) is 0 Å². The molecular formula is C17H19N4O5S+. The molecule has 142 valence electrons. The molecule has 1 atom stereocenters. The van der Waals surface area contributed by atoms with Crippen LogP contribution in [0, 0.1) is 12.8 Å². The summed E-state index contributed by atoms with van der Waals surface area (Å²) >= 11 is 0. The van der Waals surface area contributed by atoms with Gasteiger partial charge in [-0.15, -0.1) is 0 Å². The van der Waals surface area contributed by atoms with Gasteiger partial charge in [0.2, 0.25) is 10.0 Å². The fraction of sp³-hybridized carbons (Fsp3) is 0.412. The fourth-order valence-electron chi connectivity index (χ4n) is 3.11. The minimum Gasteiger partial charge on any atom is -0.357 e. The predicted molar refractivity (Wildman–Crippen MR) is 94.2 cm³/mol. The topological polar surface area (TPSA) is 113 Å². The molecule has 1 aliphatic heterocycles. The summed E-state index contributed by atoms with van der Waals surface area (Å²) < 4.78 is 34.0. The van der Waals surface area contributed by atoms with Gasteiger partial charge in [0.25, 0.3) is 0 Å². The molecule has 1 saturated carbocycles. The summed E-state index contributed by atoms with van der Waals surface area (Å²) in [5.41, 5.74) is 1.09. The number of imide groups is 1. The Morgan fingerprint density at radius 3 is 2.70 bits per heavy atom. The van der Waals surface area contributed by atoms with Gasteiger partial charge in [0.05, 0.1) is 17.6 Å². The highest BCUT2D eigenvalue weighted by molar-refractivity contribution is 7.93. The van der Waals surface area contributed by atoms with Crippen LogP contribution < -0.4 is 4.72 Å². The third kappa shape index (κ3) is 3.26. The number of carbonyl (C=O) groups is 2. The Labute approximate surface area is 156 Å². The number of hydrogen-bond acceptors (Lipinski definition) is 6. The Morgan fingerprint density at radius 2 is 2.07 bits per heavy atom. The van der Waals surface area contributed by atoms with Gasteiger partial charge in [0.1, 0.15) is 11.6 Å². The minimum absolute atomic E-state index is 0.0350. The van der Waals surface area contributed by atoms with E-state index >= 15 is 0 Å². The highest BCUT2D eigenvalue weighted by atomic mass is 32.2. The zero-order valence-electron chi connectivity index (χ0n) is 14.9. The maximum atomic E-state index is 12.9. The van der Waals surface area contributed by atoms with Crippen molar-refractivity contribution in [3.05, 3.63) is 40.7 Å². The number of sulfonamides is 1. The van der Waals surface area contributed by atoms with E-state index in [9.17, 15) is 18.0 Å². The van der Waals surface area contributed by atoms with Gasteiger partial charge in [-0.25, -0.2) is 17.9 Å². The van der Waals surface area contributed by atoms with Crippen LogP contribution >= 0.6 is 0 Å². The molecule has 2 heterocycles. The van der Waals surface area contributed by atoms with Crippen molar-refractivity contribution in [3.8, 4) is 0 Å². The lowest BCUT2D eigenvalue weighted by Crippen LogP contribution is -2.53. The highest BCUT2D eigenvalue weighted by Gasteiger charge is 2.47. The lowest BCUT2D eigenvalue weighted by molar-refractivity contribution is -0.406. The molecule has 0 bridgehead atoms. The van der Waals surface area contributed by atoms with E-state index in [1.807, 2.05) is 0 Å². The number of hydrogen-bond donors (Lipinski definition) is 1. The maximum Gasteiger partial charge on any atom is 0.501 e. The summed E-state index contributed by atoms with van der Waals surface area (Å²) in [6.45, 7) is 1.68. The number of nitrogens with zero attached hydrogens (tertiary/aromatic N) is 3. The Hall–Kier alpha value is -2.59. The summed E-state index contributed by atoms with van der Waals surface area (Å²) in [6, 6.07) is 1.11. The van der Waals surface area contributed by atoms with Crippen molar-refractivity contribution in [1.29, 1.82) is 0 Å². The minimum atomic E-state index is -3.69. The quantitative estimate of drug-likeness (QED) is 0.739. The van der Waals surface area contributed by atoms with Crippen molar-refractivity contribution < 1.29 is 27.1 Å². The van der Waals surface area contributed by atoms with Crippen LogP contribution in [0.25, 0.3) is 0 Å². The van der Waals surface area contributed by atoms with Gasteiger partial charge in [0, 0.05) is 12.1 Å². The van der Waals surface area contributed by atoms with Crippen LogP contribution in [0.3, 0.4) is 0 Å². The molecular weight excluding hydrogens is 372 g/mol. The van der Waals surface area contributed by atoms with Crippen LogP contribution in [0.15, 0.2) is 33.7 Å². The molecule has 0 radical (unpaired) electrons. The third-order valence-electron chi connectivity index (χ3n) is 4.71. The zero-order valence-corrected chi connectivity index (χ0v) is 15.7. The van der Waals surface area contributed by atoms with Crippen LogP contribution in [0.1, 0.15) is 24.3 Å². The normalized spacial score (nSPS) is 23.0. The average Bonchev–Trinajstić information content (AvgIpc) is 3.34. The van der Waals surface area contributed by atoms with Gasteiger partial charge in [-0.2, -0.15) is 14.3 Å². The van der Waals surface area contributed by atoms with E-state index in [-0.39, 0.29) is 17.5 Å². The molecule has 0 spiro atoms. The van der Waals surface area contributed by atoms with Gasteiger partial charge in [-0.1, -0.05) is 5.16 Å². The number of urea groups is 1. The molecule has 2 aliphatic carbocycles. The van der Waals surface area contributed by atoms with Crippen LogP contribution in [0.2, 0.25) is 0 Å². The standard InChI is InChI=1S/C17H19N4O5S/c1-10-7-12(26-18-10)9-21-16(22)14-8-13(27(24,25)19-11-3-4-11)5-6-15(14)20(2)17(21)23/h5-8,11,14,19H,3-4,9H2,1-2H3/q+1. The van der Waals surface area contributed by atoms with E-state index in [1.165, 1.54) is 22.8 Å². The van der Waals surface area contributed by atoms with Crippen molar-refractivity contribution in [2.45, 2.75) is 32.4 Å². The fourth-order valence-corrected chi connectivity index (χ4v) is 4.48. The molecule has 1 aromatic heterocycles. The van der Waals surface area contributed by atoms with E-state index in [1.54, 1.807) is 20.0 Å². The number of allylic oxidation sites excluding steroid dienone is 2. The first-order valence-corrected chi connectivity index (χ1v) is 10.0. The van der Waals surface area contributed by atoms with Gasteiger partial charge < -0.3 is 4.52 Å². The largest absolute Gasteiger partial charge is 0.501 e. The molecule has 1 fully saturated rings. The number of amides is 3. The van der Waals surface area contributed by atoms with E-state index in [0.29, 0.717) is 17.2 Å². The Balaban J connectivity index is 1.66. The van der Waals surface area contributed by atoms with Crippen LogP contribution in [-0.4, -0.2) is 53.8 Å². The Kier molecular flexibility index (Phi) is 4.11. The second-order valence-electron chi connectivity index (χ2n) is 6.90. The summed E-state index contributed by atoms with van der Waals surface area (Å²) in [7, 11) is -2.14. The molecule has 1 N–H and O–H groups in total. The molecule has 27 heavy (non-hydrogen) atoms. The number of rotatable bonds is 5. The SMILES string of the molecule is Cc1cc(CN2C(=O)C3C=C(S(=O)(=O)NC4CC4)C=CC3=[N+](C)C2=O)on1. The van der Waals surface area contributed by atoms with Crippen molar-refractivity contribution >= 4 is 27.7 Å². The predicted octanol–water partition coefficient (Wildman–Crippen LogP) is 0.680. The first kappa shape index (κ1) is 17.8.